The predicted molar refractivity (Wildman–Crippen MR) is 78.6 cm³/mol. The Hall–Kier alpha value is -1.39. The molecule has 1 aromatic heterocycles. The second-order valence-corrected chi connectivity index (χ2v) is 6.06. The van der Waals surface area contributed by atoms with Crippen LogP contribution in [0, 0.1) is 0 Å². The number of hydrogen-bond donors (Lipinski definition) is 2. The minimum absolute atomic E-state index is 0.0227. The summed E-state index contributed by atoms with van der Waals surface area (Å²) in [6.45, 7) is 3.03. The minimum Gasteiger partial charge on any atom is -0.315 e. The summed E-state index contributed by atoms with van der Waals surface area (Å²) in [5.74, 6) is 0.648. The van der Waals surface area contributed by atoms with Crippen LogP contribution in [0.3, 0.4) is 0 Å². The Morgan fingerprint density at radius 1 is 1.32 bits per heavy atom. The van der Waals surface area contributed by atoms with Gasteiger partial charge in [-0.15, -0.1) is 0 Å². The zero-order valence-corrected chi connectivity index (χ0v) is 11.8. The van der Waals surface area contributed by atoms with Crippen molar-refractivity contribution >= 4 is 11.3 Å². The van der Waals surface area contributed by atoms with E-state index in [1.807, 2.05) is 5.38 Å². The fourth-order valence-electron chi connectivity index (χ4n) is 2.85. The summed E-state index contributed by atoms with van der Waals surface area (Å²) in [6, 6.07) is 9.08. The number of thiazole rings is 1. The first-order valence-corrected chi connectivity index (χ1v) is 7.61. The number of hydrogen-bond acceptors (Lipinski definition) is 3. The fraction of sp³-hybridized carbons (Fsp3) is 0.400. The van der Waals surface area contributed by atoms with Crippen LogP contribution < -0.4 is 10.2 Å². The Balaban J connectivity index is 1.75. The molecule has 100 valence electrons. The van der Waals surface area contributed by atoms with Crippen LogP contribution in [0.5, 0.6) is 0 Å². The van der Waals surface area contributed by atoms with E-state index < -0.39 is 0 Å². The monoisotopic (exact) mass is 274 g/mol. The van der Waals surface area contributed by atoms with Gasteiger partial charge in [-0.3, -0.25) is 4.79 Å². The zero-order valence-electron chi connectivity index (χ0n) is 11.0. The van der Waals surface area contributed by atoms with Gasteiger partial charge in [-0.25, -0.2) is 0 Å². The van der Waals surface area contributed by atoms with Crippen molar-refractivity contribution in [2.24, 2.45) is 0 Å². The first kappa shape index (κ1) is 12.6. The van der Waals surface area contributed by atoms with Gasteiger partial charge in [0.05, 0.1) is 0 Å². The maximum Gasteiger partial charge on any atom is 0.304 e. The SMILES string of the molecule is CC1CCC(NCc2csc(=O)[nH]2)c2ccccc21. The van der Waals surface area contributed by atoms with Crippen molar-refractivity contribution in [2.75, 3.05) is 0 Å². The van der Waals surface area contributed by atoms with Crippen molar-refractivity contribution < 1.29 is 0 Å². The van der Waals surface area contributed by atoms with Gasteiger partial charge in [0.2, 0.25) is 0 Å². The first-order chi connectivity index (χ1) is 9.24. The number of rotatable bonds is 3. The van der Waals surface area contributed by atoms with E-state index in [-0.39, 0.29) is 4.87 Å². The predicted octanol–water partition coefficient (Wildman–Crippen LogP) is 3.16. The van der Waals surface area contributed by atoms with Gasteiger partial charge >= 0.3 is 4.87 Å². The third kappa shape index (κ3) is 2.65. The molecule has 4 heteroatoms. The average Bonchev–Trinajstić information content (AvgIpc) is 2.84. The molecule has 0 saturated carbocycles. The molecule has 0 amide bonds. The highest BCUT2D eigenvalue weighted by molar-refractivity contribution is 7.07. The van der Waals surface area contributed by atoms with Gasteiger partial charge in [0.1, 0.15) is 0 Å². The number of aromatic amines is 1. The molecule has 2 unspecified atom stereocenters. The van der Waals surface area contributed by atoms with Crippen LogP contribution in [-0.4, -0.2) is 4.98 Å². The summed E-state index contributed by atoms with van der Waals surface area (Å²) >= 11 is 1.23. The molecule has 0 saturated heterocycles. The molecule has 3 rings (SSSR count). The highest BCUT2D eigenvalue weighted by atomic mass is 32.1. The smallest absolute Gasteiger partial charge is 0.304 e. The molecule has 19 heavy (non-hydrogen) atoms. The van der Waals surface area contributed by atoms with Gasteiger partial charge in [-0.2, -0.15) is 0 Å². The molecule has 1 heterocycles. The van der Waals surface area contributed by atoms with Crippen LogP contribution in [0.25, 0.3) is 0 Å². The Morgan fingerprint density at radius 2 is 2.11 bits per heavy atom. The molecule has 0 aliphatic heterocycles. The second-order valence-electron chi connectivity index (χ2n) is 5.21. The van der Waals surface area contributed by atoms with Gasteiger partial charge in [0.15, 0.2) is 0 Å². The van der Waals surface area contributed by atoms with Crippen LogP contribution in [0.15, 0.2) is 34.4 Å². The van der Waals surface area contributed by atoms with Crippen LogP contribution in [0.2, 0.25) is 0 Å². The van der Waals surface area contributed by atoms with Crippen molar-refractivity contribution in [2.45, 2.75) is 38.3 Å². The third-order valence-corrected chi connectivity index (χ3v) is 4.62. The molecule has 2 atom stereocenters. The second kappa shape index (κ2) is 5.31. The van der Waals surface area contributed by atoms with E-state index in [2.05, 4.69) is 41.5 Å². The van der Waals surface area contributed by atoms with E-state index in [1.165, 1.54) is 28.9 Å². The largest absolute Gasteiger partial charge is 0.315 e. The van der Waals surface area contributed by atoms with Gasteiger partial charge in [-0.05, 0) is 29.9 Å². The molecule has 0 spiro atoms. The molecule has 1 aromatic carbocycles. The first-order valence-electron chi connectivity index (χ1n) is 6.73. The van der Waals surface area contributed by atoms with E-state index in [0.717, 1.165) is 18.7 Å². The summed E-state index contributed by atoms with van der Waals surface area (Å²) < 4.78 is 0. The van der Waals surface area contributed by atoms with Gasteiger partial charge in [-0.1, -0.05) is 42.5 Å². The molecule has 2 aromatic rings. The van der Waals surface area contributed by atoms with Crippen molar-refractivity contribution in [1.82, 2.24) is 10.3 Å². The summed E-state index contributed by atoms with van der Waals surface area (Å²) in [5, 5.41) is 5.46. The molecule has 0 radical (unpaired) electrons. The lowest BCUT2D eigenvalue weighted by Crippen LogP contribution is -2.26. The molecule has 1 aliphatic rings. The van der Waals surface area contributed by atoms with E-state index in [1.54, 1.807) is 0 Å². The number of H-pyrrole nitrogens is 1. The topological polar surface area (TPSA) is 44.9 Å². The molecule has 2 N–H and O–H groups in total. The lowest BCUT2D eigenvalue weighted by Gasteiger charge is -2.30. The fourth-order valence-corrected chi connectivity index (χ4v) is 3.43. The molecule has 0 bridgehead atoms. The van der Waals surface area contributed by atoms with Crippen molar-refractivity contribution in [3.05, 3.63) is 56.1 Å². The maximum absolute atomic E-state index is 11.1. The lowest BCUT2D eigenvalue weighted by atomic mass is 9.81. The summed E-state index contributed by atoms with van der Waals surface area (Å²) in [5.41, 5.74) is 3.86. The highest BCUT2D eigenvalue weighted by Gasteiger charge is 2.23. The summed E-state index contributed by atoms with van der Waals surface area (Å²) in [6.07, 6.45) is 2.38. The maximum atomic E-state index is 11.1. The Morgan fingerprint density at radius 3 is 2.84 bits per heavy atom. The average molecular weight is 274 g/mol. The Labute approximate surface area is 116 Å². The van der Waals surface area contributed by atoms with E-state index in [9.17, 15) is 4.79 Å². The van der Waals surface area contributed by atoms with E-state index >= 15 is 0 Å². The molecule has 3 nitrogen and oxygen atoms in total. The van der Waals surface area contributed by atoms with Crippen LogP contribution in [-0.2, 0) is 6.54 Å². The Kier molecular flexibility index (Phi) is 3.53. The van der Waals surface area contributed by atoms with Gasteiger partial charge < -0.3 is 10.3 Å². The number of aromatic nitrogens is 1. The van der Waals surface area contributed by atoms with Crippen LogP contribution in [0.4, 0.5) is 0 Å². The number of benzene rings is 1. The summed E-state index contributed by atoms with van der Waals surface area (Å²) in [7, 11) is 0. The van der Waals surface area contributed by atoms with Gasteiger partial charge in [0.25, 0.3) is 0 Å². The minimum atomic E-state index is 0.0227. The van der Waals surface area contributed by atoms with Crippen molar-refractivity contribution in [3.8, 4) is 0 Å². The van der Waals surface area contributed by atoms with Crippen molar-refractivity contribution in [3.63, 3.8) is 0 Å². The Bertz CT molecular complexity index is 616. The quantitative estimate of drug-likeness (QED) is 0.903. The molecule has 1 aliphatic carbocycles. The molecular formula is C15H18N2OS. The van der Waals surface area contributed by atoms with Gasteiger partial charge in [0, 0.05) is 23.7 Å². The third-order valence-electron chi connectivity index (χ3n) is 3.90. The highest BCUT2D eigenvalue weighted by Crippen LogP contribution is 2.36. The lowest BCUT2D eigenvalue weighted by molar-refractivity contribution is 0.429. The van der Waals surface area contributed by atoms with Crippen LogP contribution >= 0.6 is 11.3 Å². The van der Waals surface area contributed by atoms with E-state index in [0.29, 0.717) is 12.0 Å². The number of fused-ring (bicyclic) bond motifs is 1. The van der Waals surface area contributed by atoms with Crippen molar-refractivity contribution in [1.29, 1.82) is 0 Å². The molecular weight excluding hydrogens is 256 g/mol. The summed E-state index contributed by atoms with van der Waals surface area (Å²) in [4.78, 5) is 14.0. The van der Waals surface area contributed by atoms with Crippen LogP contribution in [0.1, 0.15) is 48.5 Å². The van der Waals surface area contributed by atoms with E-state index in [4.69, 9.17) is 0 Å². The normalized spacial score (nSPS) is 22.2. The zero-order chi connectivity index (χ0) is 13.2. The standard InChI is InChI=1S/C15H18N2OS/c1-10-6-7-14(13-5-3-2-4-12(10)13)16-8-11-9-19-15(18)17-11/h2-5,9-10,14,16H,6-8H2,1H3,(H,17,18). The molecule has 0 fully saturated rings. The number of nitrogens with one attached hydrogen (secondary N) is 2.